The van der Waals surface area contributed by atoms with E-state index in [0.717, 1.165) is 11.1 Å². The number of methoxy groups -OCH3 is 4. The fourth-order valence-corrected chi connectivity index (χ4v) is 5.55. The minimum absolute atomic E-state index is 0.00921. The maximum absolute atomic E-state index is 13.5. The number of hydrogen-bond acceptors (Lipinski definition) is 12. The van der Waals surface area contributed by atoms with E-state index in [1.165, 1.54) is 28.4 Å². The first-order valence-corrected chi connectivity index (χ1v) is 19.8. The molecule has 14 nitrogen and oxygen atoms in total. The summed E-state index contributed by atoms with van der Waals surface area (Å²) in [5.41, 5.74) is 2.91. The van der Waals surface area contributed by atoms with Crippen molar-refractivity contribution >= 4 is 23.9 Å². The lowest BCUT2D eigenvalue weighted by Crippen LogP contribution is -2.51. The van der Waals surface area contributed by atoms with Crippen LogP contribution in [0.2, 0.25) is 0 Å². The third kappa shape index (κ3) is 18.1. The highest BCUT2D eigenvalue weighted by atomic mass is 16.5. The highest BCUT2D eigenvalue weighted by Gasteiger charge is 2.28. The Morgan fingerprint density at radius 1 is 0.667 bits per heavy atom. The smallest absolute Gasteiger partial charge is 0.329 e. The van der Waals surface area contributed by atoms with Crippen LogP contribution >= 0.6 is 0 Å². The molecule has 0 aliphatic rings. The van der Waals surface area contributed by atoms with Crippen molar-refractivity contribution in [2.75, 3.05) is 41.5 Å². The van der Waals surface area contributed by atoms with E-state index in [9.17, 15) is 19.2 Å². The lowest BCUT2D eigenvalue weighted by molar-refractivity contribution is -0.149. The third-order valence-corrected chi connectivity index (χ3v) is 8.81. The lowest BCUT2D eigenvalue weighted by Gasteiger charge is -2.22. The summed E-state index contributed by atoms with van der Waals surface area (Å²) >= 11 is 0. The van der Waals surface area contributed by atoms with Crippen LogP contribution in [0.25, 0.3) is 0 Å². The number of ether oxygens (including phenoxy) is 7. The molecule has 3 N–H and O–H groups in total. The van der Waals surface area contributed by atoms with E-state index in [1.54, 1.807) is 48.6 Å². The molecule has 3 aromatic carbocycles. The first-order valence-electron chi connectivity index (χ1n) is 19.8. The first-order chi connectivity index (χ1) is 29.1. The van der Waals surface area contributed by atoms with Crippen molar-refractivity contribution in [1.29, 1.82) is 0 Å². The minimum Gasteiger partial charge on any atom is -0.497 e. The van der Waals surface area contributed by atoms with Gasteiger partial charge in [-0.25, -0.2) is 14.4 Å². The average molecular weight is 832 g/mol. The number of rotatable bonds is 26. The van der Waals surface area contributed by atoms with E-state index < -0.39 is 36.0 Å². The molecule has 0 aromatic heterocycles. The Labute approximate surface area is 354 Å². The second-order valence-electron chi connectivity index (χ2n) is 12.8. The number of hydrogen-bond donors (Lipinski definition) is 3. The van der Waals surface area contributed by atoms with Gasteiger partial charge in [0, 0.05) is 36.2 Å². The van der Waals surface area contributed by atoms with Gasteiger partial charge in [0.05, 0.1) is 28.4 Å². The molecule has 2 atom stereocenters. The van der Waals surface area contributed by atoms with Gasteiger partial charge in [-0.1, -0.05) is 75.6 Å². The molecule has 0 heterocycles. The summed E-state index contributed by atoms with van der Waals surface area (Å²) in [6, 6.07) is 16.1. The van der Waals surface area contributed by atoms with Crippen molar-refractivity contribution in [1.82, 2.24) is 16.0 Å². The van der Waals surface area contributed by atoms with Crippen LogP contribution in [-0.4, -0.2) is 77.6 Å². The molecule has 0 aliphatic carbocycles. The summed E-state index contributed by atoms with van der Waals surface area (Å²) in [6.07, 6.45) is 6.39. The monoisotopic (exact) mass is 831 g/mol. The Morgan fingerprint density at radius 2 is 1.22 bits per heavy atom. The van der Waals surface area contributed by atoms with Crippen molar-refractivity contribution in [3.05, 3.63) is 120 Å². The Bertz CT molecular complexity index is 1830. The summed E-state index contributed by atoms with van der Waals surface area (Å²) < 4.78 is 38.0. The predicted molar refractivity (Wildman–Crippen MR) is 230 cm³/mol. The number of carbonyl (C=O) groups excluding carboxylic acids is 4. The number of amides is 2. The third-order valence-electron chi connectivity index (χ3n) is 8.81. The fraction of sp³-hybridized carbons (Fsp3) is 0.391. The van der Waals surface area contributed by atoms with Crippen molar-refractivity contribution in [2.24, 2.45) is 0 Å². The molecule has 14 heteroatoms. The van der Waals surface area contributed by atoms with Gasteiger partial charge in [0.25, 0.3) is 0 Å². The summed E-state index contributed by atoms with van der Waals surface area (Å²) in [7, 11) is 6.00. The molecule has 60 heavy (non-hydrogen) atoms. The maximum Gasteiger partial charge on any atom is 0.329 e. The van der Waals surface area contributed by atoms with E-state index >= 15 is 0 Å². The SMILES string of the molecule is C=C/C=C(\C=C)CNCCCCC(NC(=O)NC(CCC(=O)OCc1ccc(OC)cc1OC)C(=O)OCc1ccc(OC)cc1OC)C(=O)OCc1ccccc1.CC. The highest BCUT2D eigenvalue weighted by molar-refractivity contribution is 5.87. The van der Waals surface area contributed by atoms with Crippen LogP contribution in [0.15, 0.2) is 104 Å². The number of carbonyl (C=O) groups is 4. The van der Waals surface area contributed by atoms with Gasteiger partial charge in [0.15, 0.2) is 0 Å². The van der Waals surface area contributed by atoms with Crippen molar-refractivity contribution < 1.29 is 52.3 Å². The van der Waals surface area contributed by atoms with Crippen LogP contribution in [0.5, 0.6) is 23.0 Å². The molecule has 326 valence electrons. The molecule has 0 saturated heterocycles. The van der Waals surface area contributed by atoms with Gasteiger partial charge in [0.1, 0.15) is 54.9 Å². The molecule has 0 saturated carbocycles. The predicted octanol–water partition coefficient (Wildman–Crippen LogP) is 7.15. The fourth-order valence-electron chi connectivity index (χ4n) is 5.55. The van der Waals surface area contributed by atoms with E-state index in [1.807, 2.05) is 50.3 Å². The van der Waals surface area contributed by atoms with Gasteiger partial charge in [-0.2, -0.15) is 0 Å². The Balaban J connectivity index is 0.00000610. The van der Waals surface area contributed by atoms with Crippen LogP contribution in [0.1, 0.15) is 62.6 Å². The second-order valence-corrected chi connectivity index (χ2v) is 12.8. The number of benzene rings is 3. The molecule has 0 aliphatic heterocycles. The Kier molecular flexibility index (Phi) is 24.1. The van der Waals surface area contributed by atoms with E-state index in [4.69, 9.17) is 33.2 Å². The van der Waals surface area contributed by atoms with Gasteiger partial charge in [0.2, 0.25) is 0 Å². The number of allylic oxidation sites excluding steroid dienone is 2. The second kappa shape index (κ2) is 29.0. The number of urea groups is 1. The zero-order valence-electron chi connectivity index (χ0n) is 35.7. The van der Waals surface area contributed by atoms with E-state index in [-0.39, 0.29) is 39.1 Å². The summed E-state index contributed by atoms with van der Waals surface area (Å²) in [5.74, 6) is -0.0850. The molecule has 2 amide bonds. The summed E-state index contributed by atoms with van der Waals surface area (Å²) in [5, 5.41) is 8.59. The van der Waals surface area contributed by atoms with Gasteiger partial charge in [-0.15, -0.1) is 0 Å². The molecule has 3 aromatic rings. The van der Waals surface area contributed by atoms with Crippen LogP contribution in [-0.2, 0) is 48.4 Å². The van der Waals surface area contributed by atoms with E-state index in [0.29, 0.717) is 60.1 Å². The Hall–Kier alpha value is -6.28. The normalized spacial score (nSPS) is 11.6. The number of esters is 3. The van der Waals surface area contributed by atoms with Crippen molar-refractivity contribution in [3.63, 3.8) is 0 Å². The molecular formula is C46H61N3O11. The van der Waals surface area contributed by atoms with Crippen LogP contribution in [0, 0.1) is 0 Å². The van der Waals surface area contributed by atoms with Gasteiger partial charge >= 0.3 is 23.9 Å². The van der Waals surface area contributed by atoms with Gasteiger partial charge in [-0.3, -0.25) is 4.79 Å². The number of nitrogens with one attached hydrogen (secondary N) is 3. The summed E-state index contributed by atoms with van der Waals surface area (Å²) in [4.78, 5) is 53.4. The average Bonchev–Trinajstić information content (AvgIpc) is 3.28. The minimum atomic E-state index is -1.31. The van der Waals surface area contributed by atoms with Gasteiger partial charge in [-0.05, 0) is 67.6 Å². The van der Waals surface area contributed by atoms with Crippen LogP contribution in [0.4, 0.5) is 4.79 Å². The van der Waals surface area contributed by atoms with Crippen molar-refractivity contribution in [2.45, 2.75) is 77.9 Å². The van der Waals surface area contributed by atoms with Crippen LogP contribution < -0.4 is 34.9 Å². The Morgan fingerprint density at radius 3 is 1.75 bits per heavy atom. The molecule has 0 radical (unpaired) electrons. The highest BCUT2D eigenvalue weighted by Crippen LogP contribution is 2.26. The molecular weight excluding hydrogens is 771 g/mol. The number of unbranched alkanes of at least 4 members (excludes halogenated alkanes) is 1. The largest absolute Gasteiger partial charge is 0.497 e. The zero-order chi connectivity index (χ0) is 44.1. The van der Waals surface area contributed by atoms with Crippen LogP contribution in [0.3, 0.4) is 0 Å². The van der Waals surface area contributed by atoms with Gasteiger partial charge < -0.3 is 49.1 Å². The first kappa shape index (κ1) is 49.9. The standard InChI is InChI=1S/C44H55N3O11.C2H6/c1-7-14-31(8-2)27-45-24-13-12-17-37(42(49)57-28-32-15-10-9-11-16-32)46-44(51)47-38(43(50)58-30-34-19-21-36(53-4)26-40(34)55-6)22-23-41(48)56-29-33-18-20-35(52-3)25-39(33)54-5;1-2/h7-11,14-16,18-21,25-26,37-38,45H,1-2,12-13,17,22-24,27-30H2,3-6H3,(H2,46,47,51);1-2H3/b31-14+;. The molecule has 0 spiro atoms. The van der Waals surface area contributed by atoms with E-state index in [2.05, 4.69) is 29.1 Å². The van der Waals surface area contributed by atoms with Crippen molar-refractivity contribution in [3.8, 4) is 23.0 Å². The lowest BCUT2D eigenvalue weighted by atomic mass is 10.1. The molecule has 3 rings (SSSR count). The molecule has 2 unspecified atom stereocenters. The molecule has 0 bridgehead atoms. The quantitative estimate of drug-likeness (QED) is 0.0324. The zero-order valence-corrected chi connectivity index (χ0v) is 35.7. The molecule has 0 fully saturated rings. The maximum atomic E-state index is 13.5. The summed E-state index contributed by atoms with van der Waals surface area (Å²) in [6.45, 7) is 12.5. The topological polar surface area (TPSA) is 169 Å².